The minimum Gasteiger partial charge on any atom is -0.475 e. The maximum absolute atomic E-state index is 10.6. The van der Waals surface area contributed by atoms with Crippen LogP contribution < -0.4 is 10.6 Å². The molecule has 0 amide bonds. The van der Waals surface area contributed by atoms with Crippen LogP contribution in [0.5, 0.6) is 0 Å². The van der Waals surface area contributed by atoms with Gasteiger partial charge in [-0.05, 0) is 38.5 Å². The Morgan fingerprint density at radius 1 is 1.22 bits per heavy atom. The van der Waals surface area contributed by atoms with Crippen LogP contribution >= 0.6 is 11.6 Å². The monoisotopic (exact) mass is 473 g/mol. The van der Waals surface area contributed by atoms with Crippen LogP contribution in [0.3, 0.4) is 0 Å². The molecule has 1 aliphatic heterocycles. The number of carbonyl (C=O) groups is 1. The first-order valence-electron chi connectivity index (χ1n) is 9.91. The third-order valence-corrected chi connectivity index (χ3v) is 5.31. The van der Waals surface area contributed by atoms with E-state index >= 15 is 0 Å². The Labute approximate surface area is 186 Å². The quantitative estimate of drug-likeness (QED) is 0.571. The number of nitrogens with zero attached hydrogens (tertiary/aromatic N) is 4. The van der Waals surface area contributed by atoms with E-state index in [1.807, 2.05) is 18.2 Å². The smallest absolute Gasteiger partial charge is 0.475 e. The van der Waals surface area contributed by atoms with E-state index in [0.717, 1.165) is 54.9 Å². The molecule has 0 aliphatic carbocycles. The second kappa shape index (κ2) is 9.37. The average molecular weight is 474 g/mol. The first-order valence-corrected chi connectivity index (χ1v) is 10.3. The topological polar surface area (TPSA) is 109 Å². The van der Waals surface area contributed by atoms with Gasteiger partial charge in [-0.15, -0.1) is 0 Å². The first kappa shape index (κ1) is 23.9. The molecule has 8 nitrogen and oxygen atoms in total. The molecule has 0 unspecified atom stereocenters. The Balaban J connectivity index is 0.000000360. The average Bonchev–Trinajstić information content (AvgIpc) is 2.88. The van der Waals surface area contributed by atoms with E-state index in [9.17, 15) is 13.2 Å². The number of furan rings is 1. The molecule has 3 N–H and O–H groups in total. The molecule has 1 aliphatic rings. The van der Waals surface area contributed by atoms with E-state index in [1.54, 1.807) is 0 Å². The second-order valence-corrected chi connectivity index (χ2v) is 8.04. The maximum atomic E-state index is 10.6. The van der Waals surface area contributed by atoms with Crippen LogP contribution in [0.4, 0.5) is 24.9 Å². The molecule has 0 bridgehead atoms. The second-order valence-electron chi connectivity index (χ2n) is 7.60. The summed E-state index contributed by atoms with van der Waals surface area (Å²) in [6.07, 6.45) is -4.00. The van der Waals surface area contributed by atoms with Crippen molar-refractivity contribution < 1.29 is 27.5 Å². The summed E-state index contributed by atoms with van der Waals surface area (Å²) in [4.78, 5) is 22.5. The molecule has 12 heteroatoms. The molecular formula is C20H23ClF3N5O3. The number of aromatic nitrogens is 2. The summed E-state index contributed by atoms with van der Waals surface area (Å²) in [7, 11) is 0. The van der Waals surface area contributed by atoms with Gasteiger partial charge in [0.05, 0.1) is 0 Å². The number of aliphatic carboxylic acids is 1. The fourth-order valence-corrected chi connectivity index (χ4v) is 3.67. The summed E-state index contributed by atoms with van der Waals surface area (Å²) in [5.41, 5.74) is 8.16. The van der Waals surface area contributed by atoms with Gasteiger partial charge >= 0.3 is 12.1 Å². The van der Waals surface area contributed by atoms with Crippen LogP contribution in [0.1, 0.15) is 20.3 Å². The van der Waals surface area contributed by atoms with Crippen molar-refractivity contribution in [1.29, 1.82) is 0 Å². The third-order valence-electron chi connectivity index (χ3n) is 5.08. The minimum absolute atomic E-state index is 0.259. The van der Waals surface area contributed by atoms with Crippen molar-refractivity contribution >= 4 is 51.4 Å². The van der Waals surface area contributed by atoms with Gasteiger partial charge in [-0.3, -0.25) is 4.90 Å². The molecule has 32 heavy (non-hydrogen) atoms. The lowest BCUT2D eigenvalue weighted by molar-refractivity contribution is -0.192. The Hall–Kier alpha value is -2.79. The lowest BCUT2D eigenvalue weighted by atomic mass is 10.2. The number of benzene rings is 1. The molecule has 1 aromatic carbocycles. The zero-order valence-corrected chi connectivity index (χ0v) is 18.2. The summed E-state index contributed by atoms with van der Waals surface area (Å²) in [5, 5.41) is 8.65. The lowest BCUT2D eigenvalue weighted by Gasteiger charge is -2.25. The van der Waals surface area contributed by atoms with E-state index in [1.165, 1.54) is 0 Å². The number of hydrogen-bond donors (Lipinski definition) is 2. The maximum Gasteiger partial charge on any atom is 0.490 e. The number of fused-ring (bicyclic) bond motifs is 3. The number of anilines is 2. The Morgan fingerprint density at radius 3 is 2.53 bits per heavy atom. The molecule has 4 rings (SSSR count). The molecular weight excluding hydrogens is 451 g/mol. The molecule has 0 saturated carbocycles. The predicted octanol–water partition coefficient (Wildman–Crippen LogP) is 4.17. The fraction of sp³-hybridized carbons (Fsp3) is 0.450. The van der Waals surface area contributed by atoms with Crippen molar-refractivity contribution in [2.24, 2.45) is 0 Å². The summed E-state index contributed by atoms with van der Waals surface area (Å²) >= 11 is 6.14. The molecule has 0 atom stereocenters. The Kier molecular flexibility index (Phi) is 6.99. The van der Waals surface area contributed by atoms with E-state index in [4.69, 9.17) is 31.7 Å². The van der Waals surface area contributed by atoms with Crippen molar-refractivity contribution in [3.8, 4) is 0 Å². The van der Waals surface area contributed by atoms with Gasteiger partial charge in [-0.2, -0.15) is 18.2 Å². The van der Waals surface area contributed by atoms with Crippen LogP contribution in [0.2, 0.25) is 5.02 Å². The molecule has 3 heterocycles. The van der Waals surface area contributed by atoms with Gasteiger partial charge in [0.15, 0.2) is 11.4 Å². The number of carboxylic acid groups (broad SMARTS) is 1. The SMILES string of the molecule is CC(C)N1CCCN(c2nc(N)nc3c2oc2ccc(Cl)cc23)CC1.O=C(O)C(F)(F)F. The number of nitrogens with two attached hydrogens (primary N) is 1. The van der Waals surface area contributed by atoms with E-state index in [2.05, 4.69) is 33.6 Å². The van der Waals surface area contributed by atoms with E-state index < -0.39 is 12.1 Å². The normalized spacial score (nSPS) is 15.7. The summed E-state index contributed by atoms with van der Waals surface area (Å²) in [5.74, 6) is -1.72. The van der Waals surface area contributed by atoms with Crippen LogP contribution in [-0.2, 0) is 4.79 Å². The van der Waals surface area contributed by atoms with Gasteiger partial charge in [0.2, 0.25) is 5.95 Å². The number of nitrogen functional groups attached to an aromatic ring is 1. The number of hydrogen-bond acceptors (Lipinski definition) is 7. The standard InChI is InChI=1S/C18H22ClN5O.C2HF3O2/c1-11(2)23-6-3-7-24(9-8-23)17-16-15(21-18(20)22-17)13-10-12(19)4-5-14(13)25-16;3-2(4,5)1(6)7/h4-5,10-11H,3,6-9H2,1-2H3,(H2,20,21,22);(H,6,7). The van der Waals surface area contributed by atoms with Crippen molar-refractivity contribution in [2.75, 3.05) is 36.8 Å². The minimum atomic E-state index is -5.08. The molecule has 3 aromatic rings. The van der Waals surface area contributed by atoms with Gasteiger partial charge in [-0.25, -0.2) is 9.78 Å². The van der Waals surface area contributed by atoms with Crippen molar-refractivity contribution in [2.45, 2.75) is 32.5 Å². The highest BCUT2D eigenvalue weighted by Crippen LogP contribution is 2.35. The first-order chi connectivity index (χ1) is 15.0. The van der Waals surface area contributed by atoms with Crippen LogP contribution in [0.15, 0.2) is 22.6 Å². The molecule has 0 radical (unpaired) electrons. The molecule has 0 spiro atoms. The molecule has 1 fully saturated rings. The number of alkyl halides is 3. The third kappa shape index (κ3) is 5.33. The van der Waals surface area contributed by atoms with Gasteiger partial charge in [0.1, 0.15) is 11.1 Å². The molecule has 2 aromatic heterocycles. The largest absolute Gasteiger partial charge is 0.490 e. The molecule has 1 saturated heterocycles. The van der Waals surface area contributed by atoms with Crippen LogP contribution in [0.25, 0.3) is 22.1 Å². The van der Waals surface area contributed by atoms with Crippen molar-refractivity contribution in [3.63, 3.8) is 0 Å². The van der Waals surface area contributed by atoms with Crippen LogP contribution in [0, 0.1) is 0 Å². The highest BCUT2D eigenvalue weighted by molar-refractivity contribution is 6.31. The van der Waals surface area contributed by atoms with Crippen molar-refractivity contribution in [3.05, 3.63) is 23.2 Å². The lowest BCUT2D eigenvalue weighted by Crippen LogP contribution is -2.35. The Morgan fingerprint density at radius 2 is 1.91 bits per heavy atom. The van der Waals surface area contributed by atoms with Gasteiger partial charge in [0, 0.05) is 42.6 Å². The highest BCUT2D eigenvalue weighted by atomic mass is 35.5. The van der Waals surface area contributed by atoms with E-state index in [0.29, 0.717) is 16.6 Å². The predicted molar refractivity (Wildman–Crippen MR) is 116 cm³/mol. The highest BCUT2D eigenvalue weighted by Gasteiger charge is 2.38. The number of carboxylic acids is 1. The fourth-order valence-electron chi connectivity index (χ4n) is 3.50. The van der Waals surface area contributed by atoms with Gasteiger partial charge < -0.3 is 20.2 Å². The zero-order chi connectivity index (χ0) is 23.6. The summed E-state index contributed by atoms with van der Waals surface area (Å²) < 4.78 is 37.8. The molecule has 174 valence electrons. The van der Waals surface area contributed by atoms with Gasteiger partial charge in [-0.1, -0.05) is 11.6 Å². The van der Waals surface area contributed by atoms with Gasteiger partial charge in [0.25, 0.3) is 0 Å². The van der Waals surface area contributed by atoms with Crippen LogP contribution in [-0.4, -0.2) is 64.3 Å². The number of halogens is 4. The zero-order valence-electron chi connectivity index (χ0n) is 17.5. The summed E-state index contributed by atoms with van der Waals surface area (Å²) in [6.45, 7) is 8.37. The van der Waals surface area contributed by atoms with Crippen molar-refractivity contribution in [1.82, 2.24) is 14.9 Å². The number of rotatable bonds is 2. The summed E-state index contributed by atoms with van der Waals surface area (Å²) in [6, 6.07) is 6.09. The van der Waals surface area contributed by atoms with E-state index in [-0.39, 0.29) is 5.95 Å². The Bertz CT molecular complexity index is 1120.